The van der Waals surface area contributed by atoms with E-state index in [0.29, 0.717) is 17.2 Å². The number of thioether (sulfide) groups is 1. The Bertz CT molecular complexity index is 871. The minimum absolute atomic E-state index is 0.0147. The first-order chi connectivity index (χ1) is 12.9. The summed E-state index contributed by atoms with van der Waals surface area (Å²) in [4.78, 5) is 22.7. The van der Waals surface area contributed by atoms with E-state index in [0.717, 1.165) is 11.1 Å². The van der Waals surface area contributed by atoms with Gasteiger partial charge >= 0.3 is 5.97 Å². The second-order valence-corrected chi connectivity index (χ2v) is 6.52. The van der Waals surface area contributed by atoms with Crippen LogP contribution in [0.2, 0.25) is 0 Å². The SMILES string of the molecule is COc1ccc(/C(C)=N\NC(=O)c2ccccc2F)cc1CSCC(=O)O. The first kappa shape index (κ1) is 20.4. The molecule has 0 heterocycles. The van der Waals surface area contributed by atoms with Crippen LogP contribution < -0.4 is 10.2 Å². The average molecular weight is 390 g/mol. The van der Waals surface area contributed by atoms with Crippen LogP contribution in [-0.4, -0.2) is 35.6 Å². The van der Waals surface area contributed by atoms with E-state index in [9.17, 15) is 14.0 Å². The van der Waals surface area contributed by atoms with Gasteiger partial charge in [-0.15, -0.1) is 11.8 Å². The summed E-state index contributed by atoms with van der Waals surface area (Å²) in [5.41, 5.74) is 4.32. The Balaban J connectivity index is 2.13. The maximum absolute atomic E-state index is 13.6. The molecule has 2 aromatic carbocycles. The highest BCUT2D eigenvalue weighted by Crippen LogP contribution is 2.25. The molecule has 0 unspecified atom stereocenters. The molecule has 0 aliphatic heterocycles. The van der Waals surface area contributed by atoms with Gasteiger partial charge in [0.2, 0.25) is 0 Å². The van der Waals surface area contributed by atoms with Crippen molar-refractivity contribution in [2.24, 2.45) is 5.10 Å². The molecular formula is C19H19FN2O4S. The molecule has 0 spiro atoms. The highest BCUT2D eigenvalue weighted by atomic mass is 32.2. The molecule has 0 saturated heterocycles. The Kier molecular flexibility index (Phi) is 7.36. The van der Waals surface area contributed by atoms with Gasteiger partial charge < -0.3 is 9.84 Å². The molecule has 0 atom stereocenters. The summed E-state index contributed by atoms with van der Waals surface area (Å²) >= 11 is 1.25. The van der Waals surface area contributed by atoms with Crippen molar-refractivity contribution in [2.45, 2.75) is 12.7 Å². The molecule has 6 nitrogen and oxygen atoms in total. The van der Waals surface area contributed by atoms with E-state index in [1.807, 2.05) is 6.07 Å². The summed E-state index contributed by atoms with van der Waals surface area (Å²) < 4.78 is 18.9. The van der Waals surface area contributed by atoms with Crippen LogP contribution in [0.4, 0.5) is 4.39 Å². The zero-order valence-electron chi connectivity index (χ0n) is 14.9. The van der Waals surface area contributed by atoms with Crippen molar-refractivity contribution in [3.8, 4) is 5.75 Å². The molecule has 142 valence electrons. The standard InChI is InChI=1S/C19H19FN2O4S/c1-12(21-22-19(25)15-5-3-4-6-16(15)20)13-7-8-17(26-2)14(9-13)10-27-11-18(23)24/h3-9H,10-11H2,1-2H3,(H,22,25)(H,23,24)/b21-12-. The molecule has 0 radical (unpaired) electrons. The number of carboxylic acids is 1. The third-order valence-electron chi connectivity index (χ3n) is 3.62. The number of hydrogen-bond donors (Lipinski definition) is 2. The highest BCUT2D eigenvalue weighted by molar-refractivity contribution is 7.99. The molecule has 0 saturated carbocycles. The van der Waals surface area contributed by atoms with Crippen molar-refractivity contribution in [1.29, 1.82) is 0 Å². The Morgan fingerprint density at radius 1 is 1.26 bits per heavy atom. The van der Waals surface area contributed by atoms with E-state index in [-0.39, 0.29) is 11.3 Å². The van der Waals surface area contributed by atoms with Crippen molar-refractivity contribution in [2.75, 3.05) is 12.9 Å². The van der Waals surface area contributed by atoms with Crippen LogP contribution >= 0.6 is 11.8 Å². The van der Waals surface area contributed by atoms with Gasteiger partial charge in [0.25, 0.3) is 5.91 Å². The number of ether oxygens (including phenoxy) is 1. The highest BCUT2D eigenvalue weighted by Gasteiger charge is 2.11. The third-order valence-corrected chi connectivity index (χ3v) is 4.59. The zero-order chi connectivity index (χ0) is 19.8. The first-order valence-electron chi connectivity index (χ1n) is 7.98. The zero-order valence-corrected chi connectivity index (χ0v) is 15.7. The van der Waals surface area contributed by atoms with E-state index in [1.165, 1.54) is 37.1 Å². The topological polar surface area (TPSA) is 88.0 Å². The molecule has 1 amide bonds. The van der Waals surface area contributed by atoms with Gasteiger partial charge in [-0.1, -0.05) is 12.1 Å². The summed E-state index contributed by atoms with van der Waals surface area (Å²) in [5, 5.41) is 12.8. The van der Waals surface area contributed by atoms with Crippen LogP contribution in [0.5, 0.6) is 5.75 Å². The van der Waals surface area contributed by atoms with Crippen LogP contribution in [0.3, 0.4) is 0 Å². The minimum Gasteiger partial charge on any atom is -0.496 e. The number of benzene rings is 2. The van der Waals surface area contributed by atoms with E-state index in [4.69, 9.17) is 9.84 Å². The van der Waals surface area contributed by atoms with Gasteiger partial charge in [0.15, 0.2) is 0 Å². The number of aliphatic carboxylic acids is 1. The lowest BCUT2D eigenvalue weighted by atomic mass is 10.1. The summed E-state index contributed by atoms with van der Waals surface area (Å²) in [7, 11) is 1.54. The second-order valence-electron chi connectivity index (χ2n) is 5.53. The summed E-state index contributed by atoms with van der Waals surface area (Å²) in [5.74, 6) is -1.07. The van der Waals surface area contributed by atoms with Crippen molar-refractivity contribution >= 4 is 29.4 Å². The maximum atomic E-state index is 13.6. The number of hydrogen-bond acceptors (Lipinski definition) is 5. The number of nitrogens with one attached hydrogen (secondary N) is 1. The van der Waals surface area contributed by atoms with E-state index in [2.05, 4.69) is 10.5 Å². The fourth-order valence-electron chi connectivity index (χ4n) is 2.27. The number of carbonyl (C=O) groups is 2. The van der Waals surface area contributed by atoms with Gasteiger partial charge in [0.05, 0.1) is 24.1 Å². The molecule has 2 N–H and O–H groups in total. The molecular weight excluding hydrogens is 371 g/mol. The average Bonchev–Trinajstić information content (AvgIpc) is 2.65. The largest absolute Gasteiger partial charge is 0.496 e. The molecule has 0 aliphatic carbocycles. The van der Waals surface area contributed by atoms with Crippen LogP contribution in [0.15, 0.2) is 47.6 Å². The van der Waals surface area contributed by atoms with E-state index < -0.39 is 17.7 Å². The lowest BCUT2D eigenvalue weighted by molar-refractivity contribution is -0.133. The number of nitrogens with zero attached hydrogens (tertiary/aromatic N) is 1. The van der Waals surface area contributed by atoms with Crippen LogP contribution in [-0.2, 0) is 10.5 Å². The van der Waals surface area contributed by atoms with Crippen molar-refractivity contribution < 1.29 is 23.8 Å². The molecule has 0 aromatic heterocycles. The molecule has 0 fully saturated rings. The molecule has 0 aliphatic rings. The predicted octanol–water partition coefficient (Wildman–Crippen LogP) is 3.31. The number of carbonyl (C=O) groups excluding carboxylic acids is 1. The molecule has 8 heteroatoms. The van der Waals surface area contributed by atoms with Gasteiger partial charge in [0, 0.05) is 11.3 Å². The van der Waals surface area contributed by atoms with Crippen molar-refractivity contribution in [3.63, 3.8) is 0 Å². The quantitative estimate of drug-likeness (QED) is 0.533. The Morgan fingerprint density at radius 2 is 2.00 bits per heavy atom. The Morgan fingerprint density at radius 3 is 2.67 bits per heavy atom. The first-order valence-corrected chi connectivity index (χ1v) is 9.13. The number of halogens is 1. The summed E-state index contributed by atoms with van der Waals surface area (Å²) in [6.45, 7) is 1.71. The maximum Gasteiger partial charge on any atom is 0.313 e. The summed E-state index contributed by atoms with van der Waals surface area (Å²) in [6.07, 6.45) is 0. The van der Waals surface area contributed by atoms with Crippen LogP contribution in [0.1, 0.15) is 28.4 Å². The molecule has 2 aromatic rings. The molecule has 2 rings (SSSR count). The lowest BCUT2D eigenvalue weighted by Crippen LogP contribution is -2.20. The van der Waals surface area contributed by atoms with Gasteiger partial charge in [-0.05, 0) is 42.8 Å². The fraction of sp³-hybridized carbons (Fsp3) is 0.211. The Hall–Kier alpha value is -2.87. The molecule has 0 bridgehead atoms. The normalized spacial score (nSPS) is 11.1. The van der Waals surface area contributed by atoms with Crippen LogP contribution in [0.25, 0.3) is 0 Å². The number of rotatable bonds is 8. The Labute approximate surface area is 160 Å². The van der Waals surface area contributed by atoms with Gasteiger partial charge in [0.1, 0.15) is 11.6 Å². The second kappa shape index (κ2) is 9.72. The number of methoxy groups -OCH3 is 1. The number of hydrazone groups is 1. The predicted molar refractivity (Wildman–Crippen MR) is 103 cm³/mol. The van der Waals surface area contributed by atoms with Crippen molar-refractivity contribution in [1.82, 2.24) is 5.43 Å². The third kappa shape index (κ3) is 5.82. The smallest absolute Gasteiger partial charge is 0.313 e. The molecule has 27 heavy (non-hydrogen) atoms. The van der Waals surface area contributed by atoms with E-state index in [1.54, 1.807) is 25.1 Å². The van der Waals surface area contributed by atoms with E-state index >= 15 is 0 Å². The van der Waals surface area contributed by atoms with Gasteiger partial charge in [-0.3, -0.25) is 9.59 Å². The lowest BCUT2D eigenvalue weighted by Gasteiger charge is -2.10. The minimum atomic E-state index is -0.885. The van der Waals surface area contributed by atoms with Crippen LogP contribution in [0, 0.1) is 5.82 Å². The monoisotopic (exact) mass is 390 g/mol. The van der Waals surface area contributed by atoms with Gasteiger partial charge in [-0.2, -0.15) is 5.10 Å². The fourth-order valence-corrected chi connectivity index (χ4v) is 2.99. The van der Waals surface area contributed by atoms with Gasteiger partial charge in [-0.25, -0.2) is 9.82 Å². The summed E-state index contributed by atoms with van der Waals surface area (Å²) in [6, 6.07) is 11.0. The van der Waals surface area contributed by atoms with Crippen molar-refractivity contribution in [3.05, 3.63) is 65.0 Å². The number of amides is 1. The number of carboxylic acid groups (broad SMARTS) is 1.